The smallest absolute Gasteiger partial charge is 0.308 e. The number of nitrogens with zero attached hydrogens (tertiary/aromatic N) is 3. The van der Waals surface area contributed by atoms with Crippen molar-refractivity contribution in [1.29, 1.82) is 0 Å². The highest BCUT2D eigenvalue weighted by Gasteiger charge is 2.49. The number of likely N-dealkylation sites (tertiary alicyclic amines) is 2. The number of carbonyl (C=O) groups excluding carboxylic acids is 2. The average Bonchev–Trinajstić information content (AvgIpc) is 3.63. The minimum Gasteiger partial charge on any atom is -0.493 e. The molecule has 11 nitrogen and oxygen atoms in total. The summed E-state index contributed by atoms with van der Waals surface area (Å²) in [4.78, 5) is 48.0. The summed E-state index contributed by atoms with van der Waals surface area (Å²) in [6.45, 7) is 6.17. The number of amides is 2. The maximum atomic E-state index is 13.4. The quantitative estimate of drug-likeness (QED) is 0.382. The van der Waals surface area contributed by atoms with Gasteiger partial charge in [-0.2, -0.15) is 0 Å². The van der Waals surface area contributed by atoms with E-state index in [0.717, 1.165) is 31.2 Å². The highest BCUT2D eigenvalue weighted by atomic mass is 16.7. The zero-order valence-electron chi connectivity index (χ0n) is 22.5. The number of rotatable bonds is 13. The number of carbonyl (C=O) groups is 3. The summed E-state index contributed by atoms with van der Waals surface area (Å²) in [6.07, 6.45) is 3.70. The topological polar surface area (TPSA) is 118 Å². The molecule has 0 aromatic heterocycles. The van der Waals surface area contributed by atoms with Crippen LogP contribution in [0, 0.1) is 5.92 Å². The van der Waals surface area contributed by atoms with Gasteiger partial charge in [0.1, 0.15) is 0 Å². The van der Waals surface area contributed by atoms with Crippen molar-refractivity contribution in [2.24, 2.45) is 5.92 Å². The maximum Gasteiger partial charge on any atom is 0.308 e. The molecule has 0 bridgehead atoms. The van der Waals surface area contributed by atoms with Gasteiger partial charge >= 0.3 is 5.97 Å². The van der Waals surface area contributed by atoms with Gasteiger partial charge in [-0.15, -0.1) is 0 Å². The number of hydrogen-bond acceptors (Lipinski definition) is 8. The number of hydroxylamine groups is 2. The van der Waals surface area contributed by atoms with Crippen molar-refractivity contribution in [3.8, 4) is 17.2 Å². The van der Waals surface area contributed by atoms with Gasteiger partial charge in [0.15, 0.2) is 11.5 Å². The molecule has 210 valence electrons. The lowest BCUT2D eigenvalue weighted by atomic mass is 9.84. The molecule has 0 radical (unpaired) electrons. The molecule has 1 aromatic carbocycles. The van der Waals surface area contributed by atoms with Crippen molar-refractivity contribution in [1.82, 2.24) is 14.9 Å². The molecule has 0 saturated carbocycles. The first-order valence-corrected chi connectivity index (χ1v) is 13.5. The molecule has 3 aliphatic rings. The molecule has 2 saturated heterocycles. The van der Waals surface area contributed by atoms with Crippen LogP contribution in [0.1, 0.15) is 57.4 Å². The first-order valence-electron chi connectivity index (χ1n) is 13.5. The molecule has 0 spiro atoms. The van der Waals surface area contributed by atoms with Crippen LogP contribution >= 0.6 is 0 Å². The van der Waals surface area contributed by atoms with Crippen LogP contribution in [0.15, 0.2) is 12.1 Å². The molecular weight excluding hydrogens is 494 g/mol. The summed E-state index contributed by atoms with van der Waals surface area (Å²) in [7, 11) is 1.53. The van der Waals surface area contributed by atoms with Crippen molar-refractivity contribution in [2.75, 3.05) is 53.2 Å². The number of methoxy groups -OCH3 is 1. The standard InChI is InChI=1S/C27H39N3O8/c1-4-6-10-30(38-11-5-2)24(32)16-29-14-19(18-12-21(35-3)26-22(13-18)36-17-37-26)25(27(33)34)20(29)15-28-9-7-8-23(28)31/h12-13,19-20,25H,4-11,14-17H2,1-3H3,(H,33,34)/t19-,20+,25?/m1/s1. The molecule has 3 aliphatic heterocycles. The fourth-order valence-corrected chi connectivity index (χ4v) is 5.56. The van der Waals surface area contributed by atoms with Gasteiger partial charge in [-0.1, -0.05) is 20.3 Å². The number of unbranched alkanes of at least 4 members (excludes halogenated alkanes) is 1. The number of fused-ring (bicyclic) bond motifs is 1. The molecule has 2 amide bonds. The predicted octanol–water partition coefficient (Wildman–Crippen LogP) is 2.49. The van der Waals surface area contributed by atoms with E-state index in [1.165, 1.54) is 12.2 Å². The average molecular weight is 534 g/mol. The van der Waals surface area contributed by atoms with E-state index in [9.17, 15) is 19.5 Å². The number of carboxylic acids is 1. The number of hydrogen-bond donors (Lipinski definition) is 1. The van der Waals surface area contributed by atoms with Gasteiger partial charge in [0, 0.05) is 44.6 Å². The molecule has 3 atom stereocenters. The Labute approximate surface area is 223 Å². The highest BCUT2D eigenvalue weighted by molar-refractivity contribution is 5.80. The van der Waals surface area contributed by atoms with E-state index in [0.29, 0.717) is 49.9 Å². The fraction of sp³-hybridized carbons (Fsp3) is 0.667. The Kier molecular flexibility index (Phi) is 9.32. The minimum atomic E-state index is -0.969. The van der Waals surface area contributed by atoms with Crippen molar-refractivity contribution >= 4 is 17.8 Å². The predicted molar refractivity (Wildman–Crippen MR) is 137 cm³/mol. The summed E-state index contributed by atoms with van der Waals surface area (Å²) in [5.74, 6) is -0.993. The Morgan fingerprint density at radius 1 is 1.21 bits per heavy atom. The summed E-state index contributed by atoms with van der Waals surface area (Å²) >= 11 is 0. The Bertz CT molecular complexity index is 1010. The van der Waals surface area contributed by atoms with E-state index in [1.54, 1.807) is 17.0 Å². The number of benzene rings is 1. The SMILES string of the molecule is CCCCN(OCCC)C(=O)CN1C[C@H](c2cc(OC)c3c(c2)OCO3)C(C(=O)O)[C@@H]1CN1CCCC1=O. The number of carboxylic acid groups (broad SMARTS) is 1. The largest absolute Gasteiger partial charge is 0.493 e. The first-order chi connectivity index (χ1) is 18.4. The van der Waals surface area contributed by atoms with Crippen molar-refractivity contribution in [3.63, 3.8) is 0 Å². The minimum absolute atomic E-state index is 0.00208. The molecule has 38 heavy (non-hydrogen) atoms. The van der Waals surface area contributed by atoms with Gasteiger partial charge < -0.3 is 24.2 Å². The van der Waals surface area contributed by atoms with Crippen LogP contribution in [-0.2, 0) is 19.2 Å². The first kappa shape index (κ1) is 28.0. The van der Waals surface area contributed by atoms with Crippen molar-refractivity contribution in [3.05, 3.63) is 17.7 Å². The van der Waals surface area contributed by atoms with Crippen molar-refractivity contribution in [2.45, 2.75) is 57.9 Å². The van der Waals surface area contributed by atoms with Crippen LogP contribution in [0.4, 0.5) is 0 Å². The summed E-state index contributed by atoms with van der Waals surface area (Å²) in [6, 6.07) is 3.04. The molecule has 1 N–H and O–H groups in total. The third kappa shape index (κ3) is 5.99. The van der Waals surface area contributed by atoms with E-state index in [2.05, 4.69) is 0 Å². The van der Waals surface area contributed by atoms with E-state index in [1.807, 2.05) is 18.7 Å². The Hall–Kier alpha value is -3.05. The van der Waals surface area contributed by atoms with Gasteiger partial charge in [-0.3, -0.25) is 24.1 Å². The lowest BCUT2D eigenvalue weighted by Crippen LogP contribution is -2.49. The normalized spacial score (nSPS) is 22.8. The molecule has 4 rings (SSSR count). The molecule has 2 fully saturated rings. The van der Waals surface area contributed by atoms with E-state index in [4.69, 9.17) is 19.0 Å². The van der Waals surface area contributed by atoms with Gasteiger partial charge in [0.25, 0.3) is 5.91 Å². The molecular formula is C27H39N3O8. The van der Waals surface area contributed by atoms with E-state index < -0.39 is 23.8 Å². The Morgan fingerprint density at radius 3 is 2.68 bits per heavy atom. The van der Waals surface area contributed by atoms with Gasteiger partial charge in [-0.05, 0) is 37.0 Å². The Morgan fingerprint density at radius 2 is 2.03 bits per heavy atom. The van der Waals surface area contributed by atoms with Gasteiger partial charge in [-0.25, -0.2) is 5.06 Å². The fourth-order valence-electron chi connectivity index (χ4n) is 5.56. The molecule has 0 aliphatic carbocycles. The van der Waals surface area contributed by atoms with E-state index in [-0.39, 0.29) is 31.7 Å². The highest BCUT2D eigenvalue weighted by Crippen LogP contribution is 2.47. The second-order valence-electron chi connectivity index (χ2n) is 10.1. The summed E-state index contributed by atoms with van der Waals surface area (Å²) in [5.41, 5.74) is 0.733. The van der Waals surface area contributed by atoms with Crippen molar-refractivity contribution < 1.29 is 38.5 Å². The Balaban J connectivity index is 1.64. The number of aliphatic carboxylic acids is 1. The second kappa shape index (κ2) is 12.7. The van der Waals surface area contributed by atoms with Gasteiger partial charge in [0.2, 0.25) is 18.4 Å². The summed E-state index contributed by atoms with van der Waals surface area (Å²) in [5, 5.41) is 11.8. The van der Waals surface area contributed by atoms with Crippen LogP contribution in [0.3, 0.4) is 0 Å². The third-order valence-electron chi connectivity index (χ3n) is 7.50. The van der Waals surface area contributed by atoms with Crippen LogP contribution in [0.25, 0.3) is 0 Å². The van der Waals surface area contributed by atoms with Crippen LogP contribution in [0.5, 0.6) is 17.2 Å². The molecule has 3 heterocycles. The molecule has 1 aromatic rings. The zero-order valence-corrected chi connectivity index (χ0v) is 22.5. The second-order valence-corrected chi connectivity index (χ2v) is 10.1. The third-order valence-corrected chi connectivity index (χ3v) is 7.50. The lowest BCUT2D eigenvalue weighted by Gasteiger charge is -2.31. The van der Waals surface area contributed by atoms with Crippen LogP contribution in [-0.4, -0.2) is 97.0 Å². The van der Waals surface area contributed by atoms with Gasteiger partial charge in [0.05, 0.1) is 26.2 Å². The van der Waals surface area contributed by atoms with Crippen LogP contribution < -0.4 is 14.2 Å². The lowest BCUT2D eigenvalue weighted by molar-refractivity contribution is -0.188. The van der Waals surface area contributed by atoms with Crippen LogP contribution in [0.2, 0.25) is 0 Å². The van der Waals surface area contributed by atoms with E-state index >= 15 is 0 Å². The maximum absolute atomic E-state index is 13.4. The molecule has 1 unspecified atom stereocenters. The summed E-state index contributed by atoms with van der Waals surface area (Å²) < 4.78 is 16.6. The number of ether oxygens (including phenoxy) is 3. The monoisotopic (exact) mass is 533 g/mol. The molecule has 11 heteroatoms. The zero-order chi connectivity index (χ0) is 27.2.